The number of benzene rings is 1. The van der Waals surface area contributed by atoms with Crippen molar-refractivity contribution in [2.75, 3.05) is 25.1 Å². The number of hydrogen-bond acceptors (Lipinski definition) is 6. The lowest BCUT2D eigenvalue weighted by molar-refractivity contribution is 0.325. The Balaban J connectivity index is 1.67. The summed E-state index contributed by atoms with van der Waals surface area (Å²) >= 11 is 1.39. The molecular weight excluding hydrogens is 312 g/mol. The lowest BCUT2D eigenvalue weighted by atomic mass is 10.2. The Morgan fingerprint density at radius 3 is 2.91 bits per heavy atom. The Bertz CT molecular complexity index is 887. The SMILES string of the molecule is Cc1cccc(OCCN(C)c2nn3c(=O)cc(C)nc3s2)c1. The molecule has 0 saturated carbocycles. The zero-order chi connectivity index (χ0) is 16.4. The van der Waals surface area contributed by atoms with E-state index in [4.69, 9.17) is 4.74 Å². The number of fused-ring (bicyclic) bond motifs is 1. The van der Waals surface area contributed by atoms with Crippen molar-refractivity contribution in [1.29, 1.82) is 0 Å². The number of rotatable bonds is 5. The first-order chi connectivity index (χ1) is 11.0. The second-order valence-corrected chi connectivity index (χ2v) is 6.34. The molecule has 2 aromatic heterocycles. The molecule has 6 nitrogen and oxygen atoms in total. The smallest absolute Gasteiger partial charge is 0.275 e. The summed E-state index contributed by atoms with van der Waals surface area (Å²) in [5.41, 5.74) is 1.72. The van der Waals surface area contributed by atoms with Crippen molar-refractivity contribution >= 4 is 21.4 Å². The zero-order valence-electron chi connectivity index (χ0n) is 13.3. The van der Waals surface area contributed by atoms with Gasteiger partial charge in [0, 0.05) is 18.8 Å². The minimum absolute atomic E-state index is 0.153. The third-order valence-corrected chi connectivity index (χ3v) is 4.40. The second-order valence-electron chi connectivity index (χ2n) is 5.40. The van der Waals surface area contributed by atoms with Crippen LogP contribution in [0.5, 0.6) is 5.75 Å². The van der Waals surface area contributed by atoms with Gasteiger partial charge in [-0.25, -0.2) is 4.98 Å². The van der Waals surface area contributed by atoms with E-state index in [1.165, 1.54) is 27.5 Å². The van der Waals surface area contributed by atoms with Gasteiger partial charge in [0.25, 0.3) is 5.56 Å². The van der Waals surface area contributed by atoms with Gasteiger partial charge in [-0.05, 0) is 31.5 Å². The van der Waals surface area contributed by atoms with E-state index in [0.717, 1.165) is 10.9 Å². The predicted octanol–water partition coefficient (Wildman–Crippen LogP) is 2.28. The third kappa shape index (κ3) is 3.50. The number of nitrogens with zero attached hydrogens (tertiary/aromatic N) is 4. The fourth-order valence-electron chi connectivity index (χ4n) is 2.17. The molecule has 0 atom stereocenters. The van der Waals surface area contributed by atoms with Crippen molar-refractivity contribution in [1.82, 2.24) is 14.6 Å². The molecule has 0 N–H and O–H groups in total. The molecule has 0 saturated heterocycles. The van der Waals surface area contributed by atoms with E-state index in [9.17, 15) is 4.79 Å². The van der Waals surface area contributed by atoms with E-state index in [2.05, 4.69) is 10.1 Å². The molecule has 1 aromatic carbocycles. The summed E-state index contributed by atoms with van der Waals surface area (Å²) in [5.74, 6) is 0.858. The highest BCUT2D eigenvalue weighted by Crippen LogP contribution is 2.20. The van der Waals surface area contributed by atoms with Crippen molar-refractivity contribution in [2.24, 2.45) is 0 Å². The summed E-state index contributed by atoms with van der Waals surface area (Å²) in [6.07, 6.45) is 0. The average molecular weight is 330 g/mol. The van der Waals surface area contributed by atoms with Gasteiger partial charge in [0.1, 0.15) is 12.4 Å². The summed E-state index contributed by atoms with van der Waals surface area (Å²) in [7, 11) is 1.93. The van der Waals surface area contributed by atoms with Crippen molar-refractivity contribution < 1.29 is 4.74 Å². The van der Waals surface area contributed by atoms with Crippen LogP contribution in [0.25, 0.3) is 4.96 Å². The van der Waals surface area contributed by atoms with Crippen LogP contribution in [0.4, 0.5) is 5.13 Å². The highest BCUT2D eigenvalue weighted by molar-refractivity contribution is 7.20. The Morgan fingerprint density at radius 2 is 2.13 bits per heavy atom. The van der Waals surface area contributed by atoms with E-state index in [-0.39, 0.29) is 5.56 Å². The van der Waals surface area contributed by atoms with Crippen LogP contribution < -0.4 is 15.2 Å². The molecule has 0 amide bonds. The molecule has 120 valence electrons. The molecule has 0 radical (unpaired) electrons. The molecule has 2 heterocycles. The van der Waals surface area contributed by atoms with Crippen LogP contribution in [0.15, 0.2) is 35.1 Å². The van der Waals surface area contributed by atoms with Crippen LogP contribution in [0.2, 0.25) is 0 Å². The standard InChI is InChI=1S/C16H18N4O2S/c1-11-5-4-6-13(9-11)22-8-7-19(3)16-18-20-14(21)10-12(2)17-15(20)23-16/h4-6,9-10H,7-8H2,1-3H3. The quantitative estimate of drug-likeness (QED) is 0.718. The first-order valence-corrected chi connectivity index (χ1v) is 8.13. The van der Waals surface area contributed by atoms with Crippen molar-refractivity contribution in [3.63, 3.8) is 0 Å². The molecule has 0 aliphatic heterocycles. The highest BCUT2D eigenvalue weighted by atomic mass is 32.1. The Labute approximate surface area is 138 Å². The van der Waals surface area contributed by atoms with Gasteiger partial charge in [-0.1, -0.05) is 23.5 Å². The van der Waals surface area contributed by atoms with Crippen molar-refractivity contribution in [3.8, 4) is 5.75 Å². The molecule has 0 unspecified atom stereocenters. The lowest BCUT2D eigenvalue weighted by Crippen LogP contribution is -2.24. The fraction of sp³-hybridized carbons (Fsp3) is 0.312. The number of aryl methyl sites for hydroxylation is 2. The third-order valence-electron chi connectivity index (χ3n) is 3.37. The average Bonchev–Trinajstić information content (AvgIpc) is 2.91. The largest absolute Gasteiger partial charge is 0.492 e. The summed E-state index contributed by atoms with van der Waals surface area (Å²) in [5, 5.41) is 5.07. The number of aromatic nitrogens is 3. The minimum atomic E-state index is -0.153. The van der Waals surface area contributed by atoms with Crippen molar-refractivity contribution in [3.05, 3.63) is 51.9 Å². The number of hydrogen-bond donors (Lipinski definition) is 0. The Kier molecular flexibility index (Phi) is 4.29. The topological polar surface area (TPSA) is 59.7 Å². The molecule has 0 aliphatic carbocycles. The molecule has 0 bridgehead atoms. The van der Waals surface area contributed by atoms with E-state index in [1.54, 1.807) is 6.92 Å². The first-order valence-electron chi connectivity index (χ1n) is 7.31. The Hall–Kier alpha value is -2.41. The van der Waals surface area contributed by atoms with Gasteiger partial charge in [0.15, 0.2) is 0 Å². The maximum atomic E-state index is 11.9. The van der Waals surface area contributed by atoms with Crippen LogP contribution in [0.3, 0.4) is 0 Å². The van der Waals surface area contributed by atoms with Crippen molar-refractivity contribution in [2.45, 2.75) is 13.8 Å². The van der Waals surface area contributed by atoms with E-state index in [1.807, 2.05) is 43.1 Å². The van der Waals surface area contributed by atoms with Gasteiger partial charge in [0.2, 0.25) is 10.1 Å². The molecule has 3 rings (SSSR count). The lowest BCUT2D eigenvalue weighted by Gasteiger charge is -2.15. The van der Waals surface area contributed by atoms with Gasteiger partial charge >= 0.3 is 0 Å². The molecule has 0 aliphatic rings. The normalized spacial score (nSPS) is 10.9. The van der Waals surface area contributed by atoms with Gasteiger partial charge in [-0.2, -0.15) is 4.52 Å². The van der Waals surface area contributed by atoms with Crippen LogP contribution in [-0.2, 0) is 0 Å². The van der Waals surface area contributed by atoms with E-state index >= 15 is 0 Å². The molecule has 3 aromatic rings. The fourth-order valence-corrected chi connectivity index (χ4v) is 3.11. The van der Waals surface area contributed by atoms with Crippen LogP contribution in [0, 0.1) is 13.8 Å². The molecule has 0 fully saturated rings. The number of anilines is 1. The summed E-state index contributed by atoms with van der Waals surface area (Å²) in [6, 6.07) is 9.44. The van der Waals surface area contributed by atoms with Gasteiger partial charge < -0.3 is 9.64 Å². The summed E-state index contributed by atoms with van der Waals surface area (Å²) in [6.45, 7) is 5.05. The summed E-state index contributed by atoms with van der Waals surface area (Å²) in [4.78, 5) is 18.8. The van der Waals surface area contributed by atoms with Gasteiger partial charge in [-0.15, -0.1) is 5.10 Å². The first kappa shape index (κ1) is 15.5. The highest BCUT2D eigenvalue weighted by Gasteiger charge is 2.11. The van der Waals surface area contributed by atoms with E-state index < -0.39 is 0 Å². The summed E-state index contributed by atoms with van der Waals surface area (Å²) < 4.78 is 7.09. The van der Waals surface area contributed by atoms with E-state index in [0.29, 0.717) is 23.8 Å². The Morgan fingerprint density at radius 1 is 1.30 bits per heavy atom. The zero-order valence-corrected chi connectivity index (χ0v) is 14.1. The van der Waals surface area contributed by atoms with Crippen LogP contribution in [0.1, 0.15) is 11.3 Å². The molecule has 7 heteroatoms. The minimum Gasteiger partial charge on any atom is -0.492 e. The monoisotopic (exact) mass is 330 g/mol. The second kappa shape index (κ2) is 6.37. The number of ether oxygens (including phenoxy) is 1. The molecular formula is C16H18N4O2S. The van der Waals surface area contributed by atoms with Crippen LogP contribution in [-0.4, -0.2) is 34.8 Å². The van der Waals surface area contributed by atoms with Gasteiger partial charge in [0.05, 0.1) is 6.54 Å². The maximum absolute atomic E-state index is 11.9. The maximum Gasteiger partial charge on any atom is 0.275 e. The molecule has 23 heavy (non-hydrogen) atoms. The number of likely N-dealkylation sites (N-methyl/N-ethyl adjacent to an activating group) is 1. The predicted molar refractivity (Wildman–Crippen MR) is 91.8 cm³/mol. The van der Waals surface area contributed by atoms with Gasteiger partial charge in [-0.3, -0.25) is 4.79 Å². The molecule has 0 spiro atoms. The van der Waals surface area contributed by atoms with Crippen LogP contribution >= 0.6 is 11.3 Å².